The minimum atomic E-state index is -0.281. The molecule has 2 rings (SSSR count). The molecule has 3 atom stereocenters. The Balaban J connectivity index is 2.08. The van der Waals surface area contributed by atoms with E-state index >= 15 is 0 Å². The topological polar surface area (TPSA) is 32.3 Å². The van der Waals surface area contributed by atoms with Gasteiger partial charge in [-0.3, -0.25) is 0 Å². The molecule has 0 bridgehead atoms. The van der Waals surface area contributed by atoms with Gasteiger partial charge in [-0.05, 0) is 34.9 Å². The maximum atomic E-state index is 10.0. The minimum absolute atomic E-state index is 0.281. The zero-order valence-electron chi connectivity index (χ0n) is 7.73. The Morgan fingerprint density at radius 1 is 1.62 bits per heavy atom. The van der Waals surface area contributed by atoms with E-state index in [2.05, 4.69) is 12.2 Å². The Bertz CT molecular complexity index is 260. The number of rotatable bonds is 2. The van der Waals surface area contributed by atoms with Crippen molar-refractivity contribution in [1.82, 2.24) is 5.32 Å². The van der Waals surface area contributed by atoms with E-state index < -0.39 is 0 Å². The van der Waals surface area contributed by atoms with Gasteiger partial charge in [-0.25, -0.2) is 0 Å². The van der Waals surface area contributed by atoms with Crippen LogP contribution in [0.2, 0.25) is 0 Å². The second-order valence-electron chi connectivity index (χ2n) is 3.80. The lowest BCUT2D eigenvalue weighted by Crippen LogP contribution is -2.18. The number of aliphatic hydroxyl groups is 1. The van der Waals surface area contributed by atoms with Gasteiger partial charge in [-0.2, -0.15) is 11.3 Å². The summed E-state index contributed by atoms with van der Waals surface area (Å²) in [6.45, 7) is 4.17. The molecule has 1 aliphatic heterocycles. The van der Waals surface area contributed by atoms with Crippen LogP contribution in [0.25, 0.3) is 0 Å². The Hall–Kier alpha value is -0.380. The molecule has 3 heteroatoms. The van der Waals surface area contributed by atoms with Crippen LogP contribution < -0.4 is 5.32 Å². The molecular formula is C10H15NOS. The lowest BCUT2D eigenvalue weighted by atomic mass is 9.89. The second-order valence-corrected chi connectivity index (χ2v) is 4.58. The van der Waals surface area contributed by atoms with Gasteiger partial charge in [-0.1, -0.05) is 6.92 Å². The molecule has 2 heterocycles. The van der Waals surface area contributed by atoms with Crippen molar-refractivity contribution in [2.45, 2.75) is 13.0 Å². The van der Waals surface area contributed by atoms with Crippen LogP contribution >= 0.6 is 11.3 Å². The third-order valence-electron chi connectivity index (χ3n) is 2.87. The van der Waals surface area contributed by atoms with Gasteiger partial charge in [0.15, 0.2) is 0 Å². The van der Waals surface area contributed by atoms with Crippen molar-refractivity contribution in [2.24, 2.45) is 11.8 Å². The highest BCUT2D eigenvalue weighted by Gasteiger charge is 2.30. The molecular weight excluding hydrogens is 182 g/mol. The number of hydrogen-bond donors (Lipinski definition) is 2. The van der Waals surface area contributed by atoms with E-state index in [0.29, 0.717) is 11.8 Å². The highest BCUT2D eigenvalue weighted by Crippen LogP contribution is 2.31. The van der Waals surface area contributed by atoms with E-state index in [-0.39, 0.29) is 6.10 Å². The van der Waals surface area contributed by atoms with Gasteiger partial charge in [0.25, 0.3) is 0 Å². The Morgan fingerprint density at radius 3 is 3.00 bits per heavy atom. The van der Waals surface area contributed by atoms with Gasteiger partial charge in [0.05, 0.1) is 6.10 Å². The van der Waals surface area contributed by atoms with Gasteiger partial charge < -0.3 is 10.4 Å². The van der Waals surface area contributed by atoms with Crippen LogP contribution in [0.3, 0.4) is 0 Å². The van der Waals surface area contributed by atoms with Crippen LogP contribution in [0.4, 0.5) is 0 Å². The van der Waals surface area contributed by atoms with E-state index in [9.17, 15) is 5.11 Å². The van der Waals surface area contributed by atoms with Crippen LogP contribution in [-0.4, -0.2) is 18.2 Å². The van der Waals surface area contributed by atoms with Gasteiger partial charge in [0.2, 0.25) is 0 Å². The van der Waals surface area contributed by atoms with E-state index in [1.165, 1.54) is 0 Å². The first-order valence-corrected chi connectivity index (χ1v) is 5.64. The number of hydrogen-bond acceptors (Lipinski definition) is 3. The summed E-state index contributed by atoms with van der Waals surface area (Å²) in [5.41, 5.74) is 1.07. The van der Waals surface area contributed by atoms with Gasteiger partial charge >= 0.3 is 0 Å². The number of nitrogens with one attached hydrogen (secondary N) is 1. The zero-order chi connectivity index (χ0) is 9.26. The standard InChI is InChI=1S/C10H15NOS/c1-7-4-11-5-9(7)10(12)8-2-3-13-6-8/h2-3,6-7,9-12H,4-5H2,1H3. The summed E-state index contributed by atoms with van der Waals surface area (Å²) < 4.78 is 0. The molecule has 1 saturated heterocycles. The molecule has 1 aromatic rings. The molecule has 0 spiro atoms. The summed E-state index contributed by atoms with van der Waals surface area (Å²) in [7, 11) is 0. The van der Waals surface area contributed by atoms with E-state index in [1.807, 2.05) is 16.8 Å². The molecule has 2 N–H and O–H groups in total. The molecule has 1 fully saturated rings. The van der Waals surface area contributed by atoms with Crippen LogP contribution in [0.15, 0.2) is 16.8 Å². The Kier molecular flexibility index (Phi) is 2.67. The van der Waals surface area contributed by atoms with Crippen molar-refractivity contribution in [2.75, 3.05) is 13.1 Å². The fourth-order valence-corrected chi connectivity index (χ4v) is 2.63. The van der Waals surface area contributed by atoms with E-state index in [0.717, 1.165) is 18.7 Å². The summed E-state index contributed by atoms with van der Waals surface area (Å²) in [5, 5.41) is 17.4. The van der Waals surface area contributed by atoms with Crippen LogP contribution in [-0.2, 0) is 0 Å². The Morgan fingerprint density at radius 2 is 2.46 bits per heavy atom. The lowest BCUT2D eigenvalue weighted by Gasteiger charge is -2.20. The summed E-state index contributed by atoms with van der Waals surface area (Å²) in [4.78, 5) is 0. The third-order valence-corrected chi connectivity index (χ3v) is 3.57. The smallest absolute Gasteiger partial charge is 0.0841 e. The molecule has 72 valence electrons. The fraction of sp³-hybridized carbons (Fsp3) is 0.600. The average Bonchev–Trinajstić information content (AvgIpc) is 2.72. The van der Waals surface area contributed by atoms with Crippen molar-refractivity contribution >= 4 is 11.3 Å². The highest BCUT2D eigenvalue weighted by atomic mass is 32.1. The number of aliphatic hydroxyl groups excluding tert-OH is 1. The maximum absolute atomic E-state index is 10.0. The molecule has 3 unspecified atom stereocenters. The zero-order valence-corrected chi connectivity index (χ0v) is 8.55. The van der Waals surface area contributed by atoms with Crippen molar-refractivity contribution in [1.29, 1.82) is 0 Å². The molecule has 1 aromatic heterocycles. The summed E-state index contributed by atoms with van der Waals surface area (Å²) in [6, 6.07) is 2.01. The molecule has 2 nitrogen and oxygen atoms in total. The Labute approximate surface area is 82.6 Å². The van der Waals surface area contributed by atoms with Crippen LogP contribution in [0, 0.1) is 11.8 Å². The SMILES string of the molecule is CC1CNCC1C(O)c1ccsc1. The molecule has 1 aliphatic rings. The predicted molar refractivity (Wildman–Crippen MR) is 54.8 cm³/mol. The molecule has 0 amide bonds. The first kappa shape index (κ1) is 9.19. The van der Waals surface area contributed by atoms with Crippen molar-refractivity contribution in [3.63, 3.8) is 0 Å². The first-order chi connectivity index (χ1) is 6.29. The summed E-state index contributed by atoms with van der Waals surface area (Å²) >= 11 is 1.65. The maximum Gasteiger partial charge on any atom is 0.0841 e. The van der Waals surface area contributed by atoms with Gasteiger partial charge in [0, 0.05) is 12.5 Å². The minimum Gasteiger partial charge on any atom is -0.388 e. The molecule has 0 saturated carbocycles. The first-order valence-electron chi connectivity index (χ1n) is 4.70. The molecule has 0 aliphatic carbocycles. The van der Waals surface area contributed by atoms with Gasteiger partial charge in [-0.15, -0.1) is 0 Å². The summed E-state index contributed by atoms with van der Waals surface area (Å²) in [6.07, 6.45) is -0.281. The largest absolute Gasteiger partial charge is 0.388 e. The highest BCUT2D eigenvalue weighted by molar-refractivity contribution is 7.07. The van der Waals surface area contributed by atoms with E-state index in [4.69, 9.17) is 0 Å². The third kappa shape index (κ3) is 1.77. The van der Waals surface area contributed by atoms with Crippen molar-refractivity contribution in [3.05, 3.63) is 22.4 Å². The van der Waals surface area contributed by atoms with Crippen molar-refractivity contribution in [3.8, 4) is 0 Å². The monoisotopic (exact) mass is 197 g/mol. The number of thiophene rings is 1. The molecule has 13 heavy (non-hydrogen) atoms. The fourth-order valence-electron chi connectivity index (χ4n) is 1.94. The normalized spacial score (nSPS) is 30.6. The van der Waals surface area contributed by atoms with Crippen LogP contribution in [0.1, 0.15) is 18.6 Å². The lowest BCUT2D eigenvalue weighted by molar-refractivity contribution is 0.0987. The quantitative estimate of drug-likeness (QED) is 0.755. The predicted octanol–water partition coefficient (Wildman–Crippen LogP) is 1.64. The van der Waals surface area contributed by atoms with Crippen molar-refractivity contribution < 1.29 is 5.11 Å². The second kappa shape index (κ2) is 3.78. The molecule has 0 aromatic carbocycles. The summed E-state index contributed by atoms with van der Waals surface area (Å²) in [5.74, 6) is 0.962. The van der Waals surface area contributed by atoms with E-state index in [1.54, 1.807) is 11.3 Å². The average molecular weight is 197 g/mol. The molecule has 0 radical (unpaired) electrons. The van der Waals surface area contributed by atoms with Gasteiger partial charge in [0.1, 0.15) is 0 Å². The van der Waals surface area contributed by atoms with Crippen LogP contribution in [0.5, 0.6) is 0 Å².